The monoisotopic (exact) mass is 1250 g/mol. The number of esters is 1. The summed E-state index contributed by atoms with van der Waals surface area (Å²) in [7, 11) is 7.26. The molecule has 6 aromatic rings. The first-order chi connectivity index (χ1) is 50.2. The van der Waals surface area contributed by atoms with Crippen LogP contribution in [-0.4, -0.2) is 235 Å². The molecule has 0 unspecified atom stereocenters. The van der Waals surface area contributed by atoms with E-state index in [1.807, 2.05) is 0 Å². The quantitative estimate of drug-likeness (QED) is 0.0367. The van der Waals surface area contributed by atoms with E-state index < -0.39 is 89.1 Å². The number of nitrogens with one attached hydrogen (secondary N) is 1. The normalized spacial score (nSPS) is 16.8. The Balaban J connectivity index is 0.000000346. The molecule has 0 atom stereocenters. The molecule has 2 aliphatic rings. The predicted molar refractivity (Wildman–Crippen MR) is 336 cm³/mol. The number of aliphatic hydroxyl groups is 1. The van der Waals surface area contributed by atoms with E-state index >= 15 is 0 Å². The summed E-state index contributed by atoms with van der Waals surface area (Å²) in [6.07, 6.45) is 4.36. The maximum Gasteiger partial charge on any atom is 0.332 e. The van der Waals surface area contributed by atoms with Crippen molar-refractivity contribution in [3.05, 3.63) is 125 Å². The van der Waals surface area contributed by atoms with Crippen LogP contribution in [0.3, 0.4) is 0 Å². The molecular weight excluding hydrogens is 1140 g/mol. The Kier molecular flexibility index (Phi) is 19.5. The number of nitrogens with two attached hydrogens (primary N) is 2. The van der Waals surface area contributed by atoms with Crippen LogP contribution in [0.4, 0.5) is 0 Å². The second-order valence-corrected chi connectivity index (χ2v) is 19.2. The Labute approximate surface area is 541 Å². The molecule has 0 saturated carbocycles. The highest BCUT2D eigenvalue weighted by molar-refractivity contribution is 6.22. The number of carbonyl (C=O) groups is 6. The number of ether oxygens (including phenoxy) is 1. The van der Waals surface area contributed by atoms with Gasteiger partial charge in [-0.25, -0.2) is 19.6 Å². The van der Waals surface area contributed by atoms with Gasteiger partial charge in [0, 0.05) is 83.2 Å². The smallest absolute Gasteiger partial charge is 0.332 e. The van der Waals surface area contributed by atoms with E-state index in [9.17, 15) is 47.9 Å². The third kappa shape index (κ3) is 20.9. The molecule has 2 aromatic carbocycles. The molecule has 6 N–H and O–H groups in total. The number of hydrogen-bond acceptors (Lipinski definition) is 20. The molecule has 0 fully saturated rings. The van der Waals surface area contributed by atoms with E-state index in [0.717, 1.165) is 14.0 Å². The lowest BCUT2D eigenvalue weighted by Crippen LogP contribution is -2.38. The molecule has 6 heterocycles. The number of imidazole rings is 2. The van der Waals surface area contributed by atoms with Crippen molar-refractivity contribution in [1.29, 1.82) is 0 Å². The Hall–Kier alpha value is -8.32. The largest absolute Gasteiger partial charge is 0.465 e. The maximum absolute atomic E-state index is 12.3. The highest BCUT2D eigenvalue weighted by Gasteiger charge is 2.35. The maximum atomic E-state index is 12.3. The van der Waals surface area contributed by atoms with E-state index in [1.165, 1.54) is 76.0 Å². The molecule has 0 bridgehead atoms. The van der Waals surface area contributed by atoms with Gasteiger partial charge in [-0.15, -0.1) is 0 Å². The van der Waals surface area contributed by atoms with Crippen LogP contribution >= 0.6 is 0 Å². The number of hydrogen-bond donors (Lipinski definition) is 4. The second-order valence-electron chi connectivity index (χ2n) is 19.2. The van der Waals surface area contributed by atoms with Crippen molar-refractivity contribution in [2.45, 2.75) is 52.1 Å². The number of aromatic nitrogens is 8. The summed E-state index contributed by atoms with van der Waals surface area (Å²) in [4.78, 5) is 132. The summed E-state index contributed by atoms with van der Waals surface area (Å²) in [5.74, 6) is -2.21. The lowest BCUT2D eigenvalue weighted by molar-refractivity contribution is -0.143. The van der Waals surface area contributed by atoms with E-state index in [4.69, 9.17) is 50.1 Å². The Morgan fingerprint density at radius 2 is 0.932 bits per heavy atom. The Morgan fingerprint density at radius 3 is 1.31 bits per heavy atom. The summed E-state index contributed by atoms with van der Waals surface area (Å²) < 4.78 is 161. The lowest BCUT2D eigenvalue weighted by atomic mass is 10.1. The molecule has 0 spiro atoms. The Morgan fingerprint density at radius 1 is 0.557 bits per heavy atom. The van der Waals surface area contributed by atoms with Crippen LogP contribution in [0.25, 0.3) is 22.3 Å². The van der Waals surface area contributed by atoms with E-state index in [1.54, 1.807) is 55.5 Å². The van der Waals surface area contributed by atoms with Crippen molar-refractivity contribution in [2.24, 2.45) is 39.7 Å². The van der Waals surface area contributed by atoms with Crippen molar-refractivity contribution < 1.29 is 67.4 Å². The molecular formula is C59H91N17O12. The molecule has 88 heavy (non-hydrogen) atoms. The van der Waals surface area contributed by atoms with Crippen LogP contribution in [0.2, 0.25) is 0 Å². The van der Waals surface area contributed by atoms with Gasteiger partial charge < -0.3 is 55.4 Å². The fourth-order valence-electron chi connectivity index (χ4n) is 8.13. The van der Waals surface area contributed by atoms with Crippen LogP contribution < -0.4 is 39.3 Å². The number of amides is 5. The van der Waals surface area contributed by atoms with E-state index in [0.29, 0.717) is 75.7 Å². The van der Waals surface area contributed by atoms with Crippen LogP contribution in [0.5, 0.6) is 0 Å². The standard InChI is InChI=1S/C14H22N6O3.C13H16N2O2.C11H14N4O4.C11H11NO3.2C5H14N2/c1-17(2)7-5-6-15-10(21)8-20-9-16-12-11(20)13(22)19(4)14(23)18(12)3;1-14(2)8-5-9-15-12(16)10-6-3-4-7-11(10)13(15)17;1-4-19-7(16)5-15-6-12-9-8(15)10(17)14(3)11(18)13(9)2;13-7-3-6-12-10(14)8-4-1-2-5-9(8)11(12)15;2*1-7(2)5-3-4-6/h9H,5-8H2,1-4H3,(H,15,21);3-4,6-7H,5,8-9H2,1-2H3;6H,4-5H2,1-3H3;1-2,4-5,13H,3,6-7H2;2*3-6H2,1-2H3/i1D3;1D3,2D3;;;2*1D3,2D3. The van der Waals surface area contributed by atoms with Gasteiger partial charge in [0.15, 0.2) is 22.3 Å². The molecule has 4 aromatic heterocycles. The fourth-order valence-corrected chi connectivity index (χ4v) is 8.13. The summed E-state index contributed by atoms with van der Waals surface area (Å²) in [6.45, 7) is -15.2. The third-order valence-electron chi connectivity index (χ3n) is 12.6. The van der Waals surface area contributed by atoms with Gasteiger partial charge in [0.2, 0.25) is 5.91 Å². The summed E-state index contributed by atoms with van der Waals surface area (Å²) in [5, 5.41) is 11.3. The van der Waals surface area contributed by atoms with Crippen molar-refractivity contribution in [1.82, 2.24) is 72.1 Å². The van der Waals surface area contributed by atoms with Gasteiger partial charge in [-0.05, 0) is 158 Å². The predicted octanol–water partition coefficient (Wildman–Crippen LogP) is -0.809. The van der Waals surface area contributed by atoms with Crippen LogP contribution in [0, 0.1) is 0 Å². The second kappa shape index (κ2) is 36.7. The van der Waals surface area contributed by atoms with Crippen molar-refractivity contribution >= 4 is 57.8 Å². The minimum absolute atomic E-state index is 0.0204. The molecule has 0 radical (unpaired) electrons. The molecule has 29 heteroatoms. The first-order valence-electron chi connectivity index (χ1n) is 37.8. The average Bonchev–Trinajstić information content (AvgIpc) is 1.68. The van der Waals surface area contributed by atoms with Gasteiger partial charge in [0.05, 0.1) is 41.5 Å². The first kappa shape index (κ1) is 46.8. The zero-order chi connectivity index (χ0) is 83.4. The number of aryl methyl sites for hydroxylation is 2. The fraction of sp³-hybridized carbons (Fsp3) is 0.525. The molecule has 0 saturated heterocycles. The Bertz CT molecular complexity index is 4200. The number of carbonyl (C=O) groups excluding carboxylic acids is 6. The van der Waals surface area contributed by atoms with Crippen LogP contribution in [0.1, 0.15) is 109 Å². The van der Waals surface area contributed by atoms with Gasteiger partial charge in [0.1, 0.15) is 13.1 Å². The number of aliphatic hydroxyl groups excluding tert-OH is 1. The van der Waals surface area contributed by atoms with Gasteiger partial charge in [-0.2, -0.15) is 0 Å². The number of fused-ring (bicyclic) bond motifs is 4. The number of rotatable bonds is 22. The van der Waals surface area contributed by atoms with Crippen molar-refractivity contribution in [2.75, 3.05) is 128 Å². The molecule has 5 amide bonds. The molecule has 29 nitrogen and oxygen atoms in total. The van der Waals surface area contributed by atoms with Crippen LogP contribution in [0.15, 0.2) is 80.4 Å². The molecule has 8 rings (SSSR count). The number of benzene rings is 2. The number of nitrogens with zero attached hydrogens (tertiary/aromatic N) is 14. The van der Waals surface area contributed by atoms with Crippen molar-refractivity contribution in [3.8, 4) is 0 Å². The minimum Gasteiger partial charge on any atom is -0.465 e. The first-order valence-corrected chi connectivity index (χ1v) is 27.3. The summed E-state index contributed by atoms with van der Waals surface area (Å²) in [6, 6.07) is 13.2. The third-order valence-corrected chi connectivity index (χ3v) is 12.6. The highest BCUT2D eigenvalue weighted by Crippen LogP contribution is 2.23. The van der Waals surface area contributed by atoms with E-state index in [-0.39, 0.29) is 119 Å². The summed E-state index contributed by atoms with van der Waals surface area (Å²) >= 11 is 0. The van der Waals surface area contributed by atoms with Gasteiger partial charge in [-0.3, -0.25) is 66.4 Å². The minimum atomic E-state index is -2.77. The van der Waals surface area contributed by atoms with Crippen LogP contribution in [-0.2, 0) is 55.6 Å². The molecule has 2 aliphatic heterocycles. The lowest BCUT2D eigenvalue weighted by Gasteiger charge is -2.15. The SMILES string of the molecule is CCOC(=O)Cn1cnc2c1c(=O)n(C)c(=O)n2C.O=C1c2ccccc2C(=O)N1CCCO.[2H]C([2H])([2H])N(C)CCCNC(=O)Cn1cnc2c1c(=O)n(C)c(=O)n2C.[2H]C([2H])([2H])N(CCCN)C([2H])([2H])[2H].[2H]C([2H])([2H])N(CCCN)C([2H])([2H])[2H].[2H]C([2H])([2H])N(CCCN1C(=O)c2ccccc2C1=O)C([2H])([2H])[2H]. The van der Waals surface area contributed by atoms with Gasteiger partial charge in [0.25, 0.3) is 34.7 Å². The zero-order valence-corrected chi connectivity index (χ0v) is 49.9. The highest BCUT2D eigenvalue weighted by atomic mass is 16.5. The average molecular weight is 1250 g/mol. The van der Waals surface area contributed by atoms with Crippen molar-refractivity contribution in [3.63, 3.8) is 0 Å². The topological polar surface area (TPSA) is 339 Å². The van der Waals surface area contributed by atoms with Gasteiger partial charge >= 0.3 is 17.3 Å². The van der Waals surface area contributed by atoms with Gasteiger partial charge in [-0.1, -0.05) is 24.3 Å². The molecule has 484 valence electrons. The van der Waals surface area contributed by atoms with E-state index in [2.05, 4.69) is 15.3 Å². The molecule has 0 aliphatic carbocycles. The summed E-state index contributed by atoms with van der Waals surface area (Å²) in [5.41, 5.74) is 10.8. The number of imide groups is 2. The zero-order valence-electron chi connectivity index (χ0n) is 70.9.